The van der Waals surface area contributed by atoms with Gasteiger partial charge in [0.15, 0.2) is 10.9 Å². The van der Waals surface area contributed by atoms with Crippen molar-refractivity contribution in [2.75, 3.05) is 31.2 Å². The largest absolute Gasteiger partial charge is 0.348 e. The second-order valence-corrected chi connectivity index (χ2v) is 6.76. The Balaban J connectivity index is 1.54. The second kappa shape index (κ2) is 5.23. The summed E-state index contributed by atoms with van der Waals surface area (Å²) in [6.45, 7) is 5.58. The number of rotatable bonds is 2. The molecule has 5 heteroatoms. The van der Waals surface area contributed by atoms with Crippen molar-refractivity contribution in [2.45, 2.75) is 32.0 Å². The molecule has 0 unspecified atom stereocenters. The van der Waals surface area contributed by atoms with E-state index in [1.165, 1.54) is 10.3 Å². The van der Waals surface area contributed by atoms with Gasteiger partial charge in [-0.15, -0.1) is 0 Å². The van der Waals surface area contributed by atoms with E-state index in [0.29, 0.717) is 0 Å². The van der Waals surface area contributed by atoms with Gasteiger partial charge >= 0.3 is 0 Å². The van der Waals surface area contributed by atoms with Crippen LogP contribution in [0.15, 0.2) is 18.2 Å². The Labute approximate surface area is 128 Å². The summed E-state index contributed by atoms with van der Waals surface area (Å²) < 4.78 is 12.9. The minimum Gasteiger partial charge on any atom is -0.348 e. The molecule has 2 saturated heterocycles. The van der Waals surface area contributed by atoms with Crippen molar-refractivity contribution in [2.24, 2.45) is 0 Å². The van der Waals surface area contributed by atoms with Crippen LogP contribution >= 0.6 is 11.3 Å². The fraction of sp³-hybridized carbons (Fsp3) is 0.562. The van der Waals surface area contributed by atoms with E-state index in [4.69, 9.17) is 14.5 Å². The van der Waals surface area contributed by atoms with Gasteiger partial charge in [0, 0.05) is 25.9 Å². The highest BCUT2D eigenvalue weighted by atomic mass is 32.1. The molecule has 0 radical (unpaired) electrons. The molecule has 3 heterocycles. The maximum absolute atomic E-state index is 5.79. The summed E-state index contributed by atoms with van der Waals surface area (Å²) in [5.41, 5.74) is 2.49. The summed E-state index contributed by atoms with van der Waals surface area (Å²) in [5, 5.41) is 1.13. The number of benzene rings is 1. The predicted octanol–water partition coefficient (Wildman–Crippen LogP) is 3.20. The third kappa shape index (κ3) is 2.43. The minimum atomic E-state index is -0.303. The quantitative estimate of drug-likeness (QED) is 0.853. The van der Waals surface area contributed by atoms with Gasteiger partial charge in [-0.2, -0.15) is 0 Å². The summed E-state index contributed by atoms with van der Waals surface area (Å²) in [7, 11) is 0. The fourth-order valence-electron chi connectivity index (χ4n) is 3.14. The lowest BCUT2D eigenvalue weighted by atomic mass is 10.0. The number of anilines is 1. The van der Waals surface area contributed by atoms with Crippen LogP contribution in [0.1, 0.15) is 25.3 Å². The van der Waals surface area contributed by atoms with Crippen LogP contribution < -0.4 is 4.90 Å². The van der Waals surface area contributed by atoms with Gasteiger partial charge in [0.25, 0.3) is 0 Å². The monoisotopic (exact) mass is 304 g/mol. The van der Waals surface area contributed by atoms with Crippen molar-refractivity contribution in [1.82, 2.24) is 4.98 Å². The minimum absolute atomic E-state index is 0.303. The molecular formula is C16H20N2O2S. The zero-order valence-corrected chi connectivity index (χ0v) is 13.1. The lowest BCUT2D eigenvalue weighted by molar-refractivity contribution is -0.169. The fourth-order valence-corrected chi connectivity index (χ4v) is 4.22. The molecule has 0 N–H and O–H groups in total. The van der Waals surface area contributed by atoms with E-state index in [-0.39, 0.29) is 5.79 Å². The van der Waals surface area contributed by atoms with Crippen LogP contribution in [-0.4, -0.2) is 37.1 Å². The van der Waals surface area contributed by atoms with Gasteiger partial charge in [-0.25, -0.2) is 4.98 Å². The predicted molar refractivity (Wildman–Crippen MR) is 85.1 cm³/mol. The number of aromatic nitrogens is 1. The van der Waals surface area contributed by atoms with Crippen molar-refractivity contribution < 1.29 is 9.47 Å². The molecule has 112 valence electrons. The number of hydrogen-bond acceptors (Lipinski definition) is 5. The van der Waals surface area contributed by atoms with Crippen molar-refractivity contribution in [3.05, 3.63) is 23.8 Å². The van der Waals surface area contributed by atoms with E-state index in [2.05, 4.69) is 30.0 Å². The topological polar surface area (TPSA) is 34.6 Å². The van der Waals surface area contributed by atoms with E-state index >= 15 is 0 Å². The Hall–Kier alpha value is -1.17. The zero-order chi connectivity index (χ0) is 14.3. The lowest BCUT2D eigenvalue weighted by Gasteiger charge is -2.37. The standard InChI is InChI=1S/C16H20N2O2S/c1-2-12-3-4-13-14(11-12)21-15(17-13)18-7-5-16(6-8-18)19-9-10-20-16/h3-4,11H,2,5-10H2,1H3. The SMILES string of the molecule is CCc1ccc2nc(N3CCC4(CC3)OCCO4)sc2c1. The molecule has 1 aromatic carbocycles. The Morgan fingerprint density at radius 2 is 2.00 bits per heavy atom. The van der Waals surface area contributed by atoms with Crippen LogP contribution in [0, 0.1) is 0 Å². The van der Waals surface area contributed by atoms with Crippen molar-refractivity contribution in [3.8, 4) is 0 Å². The first-order valence-corrected chi connectivity index (χ1v) is 8.52. The highest BCUT2D eigenvalue weighted by molar-refractivity contribution is 7.22. The zero-order valence-electron chi connectivity index (χ0n) is 12.3. The Kier molecular flexibility index (Phi) is 3.36. The first-order valence-electron chi connectivity index (χ1n) is 7.70. The molecule has 0 saturated carbocycles. The second-order valence-electron chi connectivity index (χ2n) is 5.75. The summed E-state index contributed by atoms with van der Waals surface area (Å²) >= 11 is 1.80. The number of thiazole rings is 1. The molecule has 0 atom stereocenters. The molecule has 0 aliphatic carbocycles. The normalized spacial score (nSPS) is 21.5. The van der Waals surface area contributed by atoms with Crippen LogP contribution in [0.3, 0.4) is 0 Å². The summed E-state index contributed by atoms with van der Waals surface area (Å²) in [6, 6.07) is 6.59. The number of nitrogens with zero attached hydrogens (tertiary/aromatic N) is 2. The van der Waals surface area contributed by atoms with Crippen LogP contribution in [0.25, 0.3) is 10.2 Å². The van der Waals surface area contributed by atoms with Crippen LogP contribution in [0.5, 0.6) is 0 Å². The van der Waals surface area contributed by atoms with E-state index in [0.717, 1.165) is 56.2 Å². The third-order valence-corrected chi connectivity index (χ3v) is 5.54. The van der Waals surface area contributed by atoms with E-state index in [1.54, 1.807) is 11.3 Å². The summed E-state index contributed by atoms with van der Waals surface area (Å²) in [5.74, 6) is -0.303. The average Bonchev–Trinajstić information content (AvgIpc) is 3.14. The molecule has 2 aliphatic rings. The molecular weight excluding hydrogens is 284 g/mol. The van der Waals surface area contributed by atoms with Gasteiger partial charge in [-0.05, 0) is 24.1 Å². The van der Waals surface area contributed by atoms with Crippen molar-refractivity contribution in [1.29, 1.82) is 0 Å². The van der Waals surface area contributed by atoms with Gasteiger partial charge in [0.05, 0.1) is 23.4 Å². The van der Waals surface area contributed by atoms with Gasteiger partial charge in [-0.1, -0.05) is 24.3 Å². The number of fused-ring (bicyclic) bond motifs is 1. The van der Waals surface area contributed by atoms with Crippen LogP contribution in [0.4, 0.5) is 5.13 Å². The average molecular weight is 304 g/mol. The molecule has 2 aliphatic heterocycles. The Morgan fingerprint density at radius 3 is 2.71 bits per heavy atom. The van der Waals surface area contributed by atoms with Gasteiger partial charge < -0.3 is 14.4 Å². The summed E-state index contributed by atoms with van der Waals surface area (Å²) in [4.78, 5) is 7.16. The Bertz CT molecular complexity index is 639. The van der Waals surface area contributed by atoms with Crippen molar-refractivity contribution in [3.63, 3.8) is 0 Å². The third-order valence-electron chi connectivity index (χ3n) is 4.46. The first kappa shape index (κ1) is 13.5. The molecule has 4 rings (SSSR count). The highest BCUT2D eigenvalue weighted by Gasteiger charge is 2.40. The van der Waals surface area contributed by atoms with Crippen LogP contribution in [-0.2, 0) is 15.9 Å². The van der Waals surface area contributed by atoms with E-state index in [9.17, 15) is 0 Å². The van der Waals surface area contributed by atoms with Gasteiger partial charge in [0.2, 0.25) is 0 Å². The van der Waals surface area contributed by atoms with Crippen molar-refractivity contribution >= 4 is 26.7 Å². The maximum atomic E-state index is 5.79. The smallest absolute Gasteiger partial charge is 0.186 e. The molecule has 2 aromatic rings. The molecule has 1 aromatic heterocycles. The van der Waals surface area contributed by atoms with E-state index < -0.39 is 0 Å². The Morgan fingerprint density at radius 1 is 1.24 bits per heavy atom. The molecule has 21 heavy (non-hydrogen) atoms. The number of aryl methyl sites for hydroxylation is 1. The lowest BCUT2D eigenvalue weighted by Crippen LogP contribution is -2.45. The number of hydrogen-bond donors (Lipinski definition) is 0. The van der Waals surface area contributed by atoms with E-state index in [1.807, 2.05) is 0 Å². The maximum Gasteiger partial charge on any atom is 0.186 e. The number of piperidine rings is 1. The molecule has 0 bridgehead atoms. The molecule has 0 amide bonds. The molecule has 4 nitrogen and oxygen atoms in total. The highest BCUT2D eigenvalue weighted by Crippen LogP contribution is 2.36. The van der Waals surface area contributed by atoms with Gasteiger partial charge in [-0.3, -0.25) is 0 Å². The summed E-state index contributed by atoms with van der Waals surface area (Å²) in [6.07, 6.45) is 2.94. The number of ether oxygens (including phenoxy) is 2. The molecule has 2 fully saturated rings. The van der Waals surface area contributed by atoms with Crippen LogP contribution in [0.2, 0.25) is 0 Å². The first-order chi connectivity index (χ1) is 10.3. The molecule has 1 spiro atoms. The van der Waals surface area contributed by atoms with Gasteiger partial charge in [0.1, 0.15) is 0 Å².